The number of aryl methyl sites for hydroxylation is 1. The molecular weight excluding hydrogens is 390 g/mol. The van der Waals surface area contributed by atoms with E-state index in [2.05, 4.69) is 46.4 Å². The van der Waals surface area contributed by atoms with E-state index in [1.165, 1.54) is 11.3 Å². The van der Waals surface area contributed by atoms with Crippen LogP contribution in [0.1, 0.15) is 79.6 Å². The number of esters is 1. The number of nitrogens with one attached hydrogen (secondary N) is 2. The lowest BCUT2D eigenvalue weighted by molar-refractivity contribution is 0.0531. The Kier molecular flexibility index (Phi) is 7.78. The second-order valence-corrected chi connectivity index (χ2v) is 8.65. The lowest BCUT2D eigenvalue weighted by Crippen LogP contribution is -2.38. The van der Waals surface area contributed by atoms with Crippen LogP contribution in [0.5, 0.6) is 0 Å². The van der Waals surface area contributed by atoms with Crippen molar-refractivity contribution < 1.29 is 13.9 Å². The zero-order valence-corrected chi connectivity index (χ0v) is 19.1. The van der Waals surface area contributed by atoms with Gasteiger partial charge in [-0.15, -0.1) is 11.3 Å². The van der Waals surface area contributed by atoms with Crippen molar-refractivity contribution in [2.24, 2.45) is 4.99 Å². The maximum absolute atomic E-state index is 12.0. The molecule has 1 unspecified atom stereocenters. The molecule has 0 bridgehead atoms. The van der Waals surface area contributed by atoms with Crippen LogP contribution in [-0.2, 0) is 16.7 Å². The summed E-state index contributed by atoms with van der Waals surface area (Å²) in [5.41, 5.74) is 0.583. The summed E-state index contributed by atoms with van der Waals surface area (Å²) in [5, 5.41) is 7.32. The van der Waals surface area contributed by atoms with Crippen molar-refractivity contribution in [1.29, 1.82) is 0 Å². The number of aromatic nitrogens is 2. The molecule has 9 heteroatoms. The lowest BCUT2D eigenvalue weighted by atomic mass is 9.94. The Morgan fingerprint density at radius 3 is 2.69 bits per heavy atom. The highest BCUT2D eigenvalue weighted by molar-refractivity contribution is 7.13. The van der Waals surface area contributed by atoms with E-state index < -0.39 is 0 Å². The van der Waals surface area contributed by atoms with Gasteiger partial charge in [-0.2, -0.15) is 0 Å². The number of carbonyl (C=O) groups excluding carboxylic acids is 1. The molecule has 0 aliphatic rings. The van der Waals surface area contributed by atoms with Crippen molar-refractivity contribution in [3.05, 3.63) is 33.4 Å². The summed E-state index contributed by atoms with van der Waals surface area (Å²) >= 11 is 1.33. The van der Waals surface area contributed by atoms with Gasteiger partial charge in [0.05, 0.1) is 24.5 Å². The standard InChI is InChI=1S/C20H31N5O3S/c1-8-21-19(23-11-15-22-10-14(28-15)20(5,6)7)25-13(4)17-24-12(3)16(29-17)18(26)27-9-2/h10,13H,8-9,11H2,1-7H3,(H2,21,23,25). The van der Waals surface area contributed by atoms with E-state index in [9.17, 15) is 4.79 Å². The van der Waals surface area contributed by atoms with Crippen LogP contribution < -0.4 is 10.6 Å². The maximum atomic E-state index is 12.0. The molecule has 0 spiro atoms. The van der Waals surface area contributed by atoms with Gasteiger partial charge in [0.1, 0.15) is 22.2 Å². The first-order valence-corrected chi connectivity index (χ1v) is 10.6. The summed E-state index contributed by atoms with van der Waals surface area (Å²) in [7, 11) is 0. The molecule has 1 atom stereocenters. The number of hydrogen-bond donors (Lipinski definition) is 2. The summed E-state index contributed by atoms with van der Waals surface area (Å²) in [6, 6.07) is -0.130. The van der Waals surface area contributed by atoms with E-state index in [-0.39, 0.29) is 17.4 Å². The van der Waals surface area contributed by atoms with E-state index >= 15 is 0 Å². The van der Waals surface area contributed by atoms with Crippen LogP contribution >= 0.6 is 11.3 Å². The zero-order valence-electron chi connectivity index (χ0n) is 18.3. The number of guanidine groups is 1. The highest BCUT2D eigenvalue weighted by atomic mass is 32.1. The van der Waals surface area contributed by atoms with Crippen molar-refractivity contribution in [2.45, 2.75) is 66.5 Å². The molecule has 0 fully saturated rings. The largest absolute Gasteiger partial charge is 0.462 e. The van der Waals surface area contributed by atoms with E-state index in [1.54, 1.807) is 13.1 Å². The Balaban J connectivity index is 2.09. The first-order chi connectivity index (χ1) is 13.7. The zero-order chi connectivity index (χ0) is 21.6. The number of hydrogen-bond acceptors (Lipinski definition) is 7. The smallest absolute Gasteiger partial charge is 0.350 e. The third-order valence-electron chi connectivity index (χ3n) is 4.01. The molecule has 2 aromatic rings. The molecule has 29 heavy (non-hydrogen) atoms. The van der Waals surface area contributed by atoms with Crippen molar-refractivity contribution in [3.8, 4) is 0 Å². The molecule has 2 N–H and O–H groups in total. The quantitative estimate of drug-likeness (QED) is 0.399. The minimum Gasteiger partial charge on any atom is -0.462 e. The fourth-order valence-corrected chi connectivity index (χ4v) is 3.42. The average Bonchev–Trinajstić information content (AvgIpc) is 3.26. The number of ether oxygens (including phenoxy) is 1. The van der Waals surface area contributed by atoms with Crippen LogP contribution in [0, 0.1) is 6.92 Å². The molecule has 0 aliphatic heterocycles. The number of aliphatic imine (C=N–C) groups is 1. The fourth-order valence-electron chi connectivity index (χ4n) is 2.45. The molecule has 0 amide bonds. The van der Waals surface area contributed by atoms with Gasteiger partial charge in [0.2, 0.25) is 5.89 Å². The van der Waals surface area contributed by atoms with Gasteiger partial charge in [0.15, 0.2) is 5.96 Å². The highest BCUT2D eigenvalue weighted by Crippen LogP contribution is 2.25. The van der Waals surface area contributed by atoms with Crippen molar-refractivity contribution in [3.63, 3.8) is 0 Å². The topological polar surface area (TPSA) is 102 Å². The molecular formula is C20H31N5O3S. The maximum Gasteiger partial charge on any atom is 0.350 e. The van der Waals surface area contributed by atoms with Gasteiger partial charge in [-0.05, 0) is 27.7 Å². The monoisotopic (exact) mass is 421 g/mol. The van der Waals surface area contributed by atoms with E-state index in [0.29, 0.717) is 42.1 Å². The summed E-state index contributed by atoms with van der Waals surface area (Å²) in [5.74, 6) is 1.69. The third kappa shape index (κ3) is 6.28. The van der Waals surface area contributed by atoms with Crippen LogP contribution in [0.2, 0.25) is 0 Å². The van der Waals surface area contributed by atoms with E-state index in [4.69, 9.17) is 9.15 Å². The summed E-state index contributed by atoms with van der Waals surface area (Å²) < 4.78 is 10.9. The van der Waals surface area contributed by atoms with Gasteiger partial charge in [0.25, 0.3) is 0 Å². The number of rotatable bonds is 7. The Labute approximate surface area is 176 Å². The summed E-state index contributed by atoms with van der Waals surface area (Å²) in [6.45, 7) is 15.2. The second-order valence-electron chi connectivity index (χ2n) is 7.62. The molecule has 160 valence electrons. The third-order valence-corrected chi connectivity index (χ3v) is 5.33. The van der Waals surface area contributed by atoms with Crippen LogP contribution in [0.25, 0.3) is 0 Å². The van der Waals surface area contributed by atoms with Gasteiger partial charge >= 0.3 is 5.97 Å². The molecule has 8 nitrogen and oxygen atoms in total. The molecule has 0 aromatic carbocycles. The van der Waals surface area contributed by atoms with E-state index in [1.807, 2.05) is 20.8 Å². The minimum atomic E-state index is -0.333. The Hall–Kier alpha value is -2.42. The van der Waals surface area contributed by atoms with Gasteiger partial charge in [-0.3, -0.25) is 0 Å². The predicted octanol–water partition coefficient (Wildman–Crippen LogP) is 3.73. The number of carbonyl (C=O) groups is 1. The molecule has 0 saturated heterocycles. The fraction of sp³-hybridized carbons (Fsp3) is 0.600. The Morgan fingerprint density at radius 2 is 2.10 bits per heavy atom. The molecule has 0 aliphatic carbocycles. The lowest BCUT2D eigenvalue weighted by Gasteiger charge is -2.15. The van der Waals surface area contributed by atoms with Crippen molar-refractivity contribution in [1.82, 2.24) is 20.6 Å². The molecule has 2 rings (SSSR count). The normalized spacial score (nSPS) is 13.3. The van der Waals surface area contributed by atoms with Crippen LogP contribution in [0.3, 0.4) is 0 Å². The van der Waals surface area contributed by atoms with Gasteiger partial charge in [-0.25, -0.2) is 19.8 Å². The van der Waals surface area contributed by atoms with Crippen molar-refractivity contribution >= 4 is 23.3 Å². The summed E-state index contributed by atoms with van der Waals surface area (Å²) in [4.78, 5) is 26.0. The first kappa shape index (κ1) is 22.9. The van der Waals surface area contributed by atoms with Crippen molar-refractivity contribution in [2.75, 3.05) is 13.2 Å². The number of oxazole rings is 1. The molecule has 0 radical (unpaired) electrons. The summed E-state index contributed by atoms with van der Waals surface area (Å²) in [6.07, 6.45) is 1.75. The van der Waals surface area contributed by atoms with Gasteiger partial charge in [0, 0.05) is 12.0 Å². The van der Waals surface area contributed by atoms with Crippen LogP contribution in [0.4, 0.5) is 0 Å². The second kappa shape index (κ2) is 9.87. The van der Waals surface area contributed by atoms with Gasteiger partial charge in [-0.1, -0.05) is 20.8 Å². The molecule has 0 saturated carbocycles. The van der Waals surface area contributed by atoms with E-state index in [0.717, 1.165) is 10.8 Å². The Bertz CT molecular complexity index is 851. The number of nitrogens with zero attached hydrogens (tertiary/aromatic N) is 3. The first-order valence-electron chi connectivity index (χ1n) is 9.80. The highest BCUT2D eigenvalue weighted by Gasteiger charge is 2.21. The van der Waals surface area contributed by atoms with Crippen LogP contribution in [-0.4, -0.2) is 35.0 Å². The molecule has 2 heterocycles. The number of thiazole rings is 1. The minimum absolute atomic E-state index is 0.0917. The van der Waals surface area contributed by atoms with Crippen LogP contribution in [0.15, 0.2) is 15.6 Å². The predicted molar refractivity (Wildman–Crippen MR) is 114 cm³/mol. The molecule has 2 aromatic heterocycles. The van der Waals surface area contributed by atoms with Gasteiger partial charge < -0.3 is 19.8 Å². The average molecular weight is 422 g/mol. The SMILES string of the molecule is CCNC(=NCc1ncc(C(C)(C)C)o1)NC(C)c1nc(C)c(C(=O)OCC)s1. The Morgan fingerprint density at radius 1 is 1.38 bits per heavy atom.